The van der Waals surface area contributed by atoms with Crippen LogP contribution >= 0.6 is 34.5 Å². The Kier molecular flexibility index (Phi) is 5.21. The molecule has 0 bridgehead atoms. The van der Waals surface area contributed by atoms with E-state index in [0.29, 0.717) is 36.4 Å². The molecule has 6 nitrogen and oxygen atoms in total. The smallest absolute Gasteiger partial charge is 0.348 e. The number of benzene rings is 1. The van der Waals surface area contributed by atoms with E-state index in [-0.39, 0.29) is 11.8 Å². The van der Waals surface area contributed by atoms with Crippen molar-refractivity contribution in [3.8, 4) is 11.3 Å². The van der Waals surface area contributed by atoms with Crippen LogP contribution in [0.1, 0.15) is 16.6 Å². The number of ether oxygens (including phenoxy) is 1. The van der Waals surface area contributed by atoms with Gasteiger partial charge in [-0.05, 0) is 25.1 Å². The molecule has 26 heavy (non-hydrogen) atoms. The summed E-state index contributed by atoms with van der Waals surface area (Å²) < 4.78 is 28.9. The molecule has 1 aromatic carbocycles. The number of esters is 1. The summed E-state index contributed by atoms with van der Waals surface area (Å²) in [6.07, 6.45) is 1.02. The molecule has 0 aliphatic rings. The van der Waals surface area contributed by atoms with Gasteiger partial charge in [0, 0.05) is 17.2 Å². The predicted molar refractivity (Wildman–Crippen MR) is 102 cm³/mol. The zero-order valence-corrected chi connectivity index (χ0v) is 16.8. The number of hydrogen-bond donors (Lipinski definition) is 0. The van der Waals surface area contributed by atoms with Crippen molar-refractivity contribution < 1.29 is 17.9 Å². The lowest BCUT2D eigenvalue weighted by Gasteiger charge is -2.06. The number of nitrogens with zero attached hydrogens (tertiary/aromatic N) is 2. The Morgan fingerprint density at radius 2 is 1.92 bits per heavy atom. The van der Waals surface area contributed by atoms with Crippen LogP contribution in [0.25, 0.3) is 21.5 Å². The normalized spacial score (nSPS) is 11.7. The maximum Gasteiger partial charge on any atom is 0.348 e. The van der Waals surface area contributed by atoms with Crippen molar-refractivity contribution in [3.63, 3.8) is 0 Å². The van der Waals surface area contributed by atoms with Crippen LogP contribution in [0.4, 0.5) is 0 Å². The SMILES string of the molecule is CCOC(=O)c1cc2c(-c3ccc(Cl)c(Cl)c3)nc(S(C)(=O)=O)nc2s1. The Bertz CT molecular complexity index is 1130. The molecule has 0 aliphatic heterocycles. The molecule has 0 amide bonds. The molecule has 0 aliphatic carbocycles. The zero-order valence-electron chi connectivity index (χ0n) is 13.6. The van der Waals surface area contributed by atoms with E-state index in [2.05, 4.69) is 9.97 Å². The number of fused-ring (bicyclic) bond motifs is 1. The van der Waals surface area contributed by atoms with Gasteiger partial charge in [0.15, 0.2) is 0 Å². The van der Waals surface area contributed by atoms with Gasteiger partial charge < -0.3 is 4.74 Å². The van der Waals surface area contributed by atoms with Gasteiger partial charge in [-0.1, -0.05) is 29.3 Å². The molecular formula is C16H12Cl2N2O4S2. The number of aromatic nitrogens is 2. The first-order chi connectivity index (χ1) is 12.2. The van der Waals surface area contributed by atoms with E-state index >= 15 is 0 Å². The van der Waals surface area contributed by atoms with Crippen molar-refractivity contribution in [3.05, 3.63) is 39.2 Å². The lowest BCUT2D eigenvalue weighted by Crippen LogP contribution is -2.04. The average Bonchev–Trinajstić information content (AvgIpc) is 3.00. The minimum absolute atomic E-state index is 0.229. The minimum atomic E-state index is -3.66. The molecule has 3 aromatic rings. The fraction of sp³-hybridized carbons (Fsp3) is 0.188. The van der Waals surface area contributed by atoms with Crippen LogP contribution in [0.2, 0.25) is 10.0 Å². The summed E-state index contributed by atoms with van der Waals surface area (Å²) >= 11 is 13.1. The van der Waals surface area contributed by atoms with Crippen LogP contribution in [0.15, 0.2) is 29.4 Å². The minimum Gasteiger partial charge on any atom is -0.462 e. The molecular weight excluding hydrogens is 419 g/mol. The number of hydrogen-bond acceptors (Lipinski definition) is 7. The summed E-state index contributed by atoms with van der Waals surface area (Å²) in [5.41, 5.74) is 0.908. The van der Waals surface area contributed by atoms with Gasteiger partial charge in [-0.2, -0.15) is 0 Å². The van der Waals surface area contributed by atoms with Crippen LogP contribution < -0.4 is 0 Å². The molecule has 3 rings (SSSR count). The Morgan fingerprint density at radius 1 is 1.19 bits per heavy atom. The van der Waals surface area contributed by atoms with E-state index in [4.69, 9.17) is 27.9 Å². The van der Waals surface area contributed by atoms with Crippen molar-refractivity contribution in [2.45, 2.75) is 12.1 Å². The number of carbonyl (C=O) groups excluding carboxylic acids is 1. The summed E-state index contributed by atoms with van der Waals surface area (Å²) in [4.78, 5) is 21.0. The van der Waals surface area contributed by atoms with Gasteiger partial charge in [-0.3, -0.25) is 0 Å². The Hall–Kier alpha value is -1.74. The molecule has 0 unspecified atom stereocenters. The topological polar surface area (TPSA) is 86.2 Å². The van der Waals surface area contributed by atoms with E-state index < -0.39 is 15.8 Å². The van der Waals surface area contributed by atoms with E-state index in [1.807, 2.05) is 0 Å². The van der Waals surface area contributed by atoms with Gasteiger partial charge >= 0.3 is 5.97 Å². The lowest BCUT2D eigenvalue weighted by molar-refractivity contribution is 0.0532. The second-order valence-corrected chi connectivity index (χ2v) is 9.06. The third-order valence-corrected chi connectivity index (χ3v) is 5.97. The summed E-state index contributed by atoms with van der Waals surface area (Å²) in [7, 11) is -3.66. The summed E-state index contributed by atoms with van der Waals surface area (Å²) in [6.45, 7) is 1.93. The number of rotatable bonds is 4. The fourth-order valence-electron chi connectivity index (χ4n) is 2.23. The molecule has 0 saturated heterocycles. The molecule has 0 radical (unpaired) electrons. The van der Waals surface area contributed by atoms with Gasteiger partial charge in [0.25, 0.3) is 0 Å². The van der Waals surface area contributed by atoms with E-state index in [0.717, 1.165) is 17.6 Å². The van der Waals surface area contributed by atoms with Crippen LogP contribution in [0.5, 0.6) is 0 Å². The molecule has 10 heteroatoms. The quantitative estimate of drug-likeness (QED) is 0.454. The van der Waals surface area contributed by atoms with Crippen LogP contribution in [-0.2, 0) is 14.6 Å². The first kappa shape index (κ1) is 19.0. The van der Waals surface area contributed by atoms with E-state index in [1.54, 1.807) is 31.2 Å². The maximum absolute atomic E-state index is 12.0. The first-order valence-electron chi connectivity index (χ1n) is 7.35. The Labute approximate surface area is 163 Å². The molecule has 2 heterocycles. The van der Waals surface area contributed by atoms with Gasteiger partial charge in [-0.25, -0.2) is 23.2 Å². The predicted octanol–water partition coefficient (Wildman–Crippen LogP) is 4.25. The summed E-state index contributed by atoms with van der Waals surface area (Å²) in [6, 6.07) is 6.43. The highest BCUT2D eigenvalue weighted by molar-refractivity contribution is 7.90. The van der Waals surface area contributed by atoms with Gasteiger partial charge in [0.1, 0.15) is 9.71 Å². The monoisotopic (exact) mass is 430 g/mol. The molecule has 0 fully saturated rings. The lowest BCUT2D eigenvalue weighted by atomic mass is 10.1. The average molecular weight is 431 g/mol. The summed E-state index contributed by atoms with van der Waals surface area (Å²) in [5, 5.41) is 0.867. The largest absolute Gasteiger partial charge is 0.462 e. The molecule has 0 spiro atoms. The molecule has 0 atom stereocenters. The first-order valence-corrected chi connectivity index (χ1v) is 10.8. The van der Waals surface area contributed by atoms with Gasteiger partial charge in [0.2, 0.25) is 15.0 Å². The third kappa shape index (κ3) is 3.68. The van der Waals surface area contributed by atoms with Crippen LogP contribution in [0.3, 0.4) is 0 Å². The number of halogens is 2. The van der Waals surface area contributed by atoms with Crippen molar-refractivity contribution in [1.29, 1.82) is 0 Å². The van der Waals surface area contributed by atoms with Gasteiger partial charge in [-0.15, -0.1) is 11.3 Å². The highest BCUT2D eigenvalue weighted by Gasteiger charge is 2.21. The van der Waals surface area contributed by atoms with E-state index in [9.17, 15) is 13.2 Å². The third-order valence-electron chi connectivity index (χ3n) is 3.37. The van der Waals surface area contributed by atoms with Crippen molar-refractivity contribution in [2.75, 3.05) is 12.9 Å². The molecule has 0 saturated carbocycles. The highest BCUT2D eigenvalue weighted by Crippen LogP contribution is 2.35. The molecule has 0 N–H and O–H groups in total. The van der Waals surface area contributed by atoms with Gasteiger partial charge in [0.05, 0.1) is 22.3 Å². The standard InChI is InChI=1S/C16H12Cl2N2O4S2/c1-3-24-15(21)12-7-9-13(8-4-5-10(17)11(18)6-8)19-16(26(2,22)23)20-14(9)25-12/h4-7H,3H2,1-2H3. The van der Waals surface area contributed by atoms with Crippen LogP contribution in [0, 0.1) is 0 Å². The maximum atomic E-state index is 12.0. The fourth-order valence-corrected chi connectivity index (χ4v) is 4.03. The number of carbonyl (C=O) groups is 1. The highest BCUT2D eigenvalue weighted by atomic mass is 35.5. The van der Waals surface area contributed by atoms with Crippen molar-refractivity contribution >= 4 is 60.6 Å². The van der Waals surface area contributed by atoms with Crippen molar-refractivity contribution in [2.24, 2.45) is 0 Å². The van der Waals surface area contributed by atoms with Crippen LogP contribution in [-0.4, -0.2) is 37.2 Å². The zero-order chi connectivity index (χ0) is 19.1. The Morgan fingerprint density at radius 3 is 2.54 bits per heavy atom. The Balaban J connectivity index is 2.30. The second kappa shape index (κ2) is 7.11. The summed E-state index contributed by atoms with van der Waals surface area (Å²) in [5.74, 6) is -0.503. The van der Waals surface area contributed by atoms with E-state index in [1.165, 1.54) is 0 Å². The molecule has 2 aromatic heterocycles. The number of thiophene rings is 1. The molecule has 136 valence electrons. The number of sulfone groups is 1. The van der Waals surface area contributed by atoms with Crippen molar-refractivity contribution in [1.82, 2.24) is 9.97 Å². The second-order valence-electron chi connectivity index (χ2n) is 5.31.